The molecule has 0 saturated carbocycles. The first-order valence-corrected chi connectivity index (χ1v) is 7.35. The molecular weight excluding hydrogens is 242 g/mol. The van der Waals surface area contributed by atoms with Crippen molar-refractivity contribution in [3.63, 3.8) is 0 Å². The van der Waals surface area contributed by atoms with Crippen molar-refractivity contribution >= 4 is 22.5 Å². The van der Waals surface area contributed by atoms with Gasteiger partial charge in [-0.1, -0.05) is 18.2 Å². The number of fused-ring (bicyclic) bond motifs is 1. The highest BCUT2D eigenvalue weighted by molar-refractivity contribution is 8.00. The summed E-state index contributed by atoms with van der Waals surface area (Å²) in [6.45, 7) is 0. The van der Waals surface area contributed by atoms with Crippen molar-refractivity contribution in [1.29, 1.82) is 0 Å². The lowest BCUT2D eigenvalue weighted by atomic mass is 9.96. The average Bonchev–Trinajstić information content (AvgIpc) is 2.94. The predicted molar refractivity (Wildman–Crippen MR) is 77.3 cm³/mol. The lowest BCUT2D eigenvalue weighted by molar-refractivity contribution is 0.523. The van der Waals surface area contributed by atoms with Crippen LogP contribution < -0.4 is 11.3 Å². The second kappa shape index (κ2) is 5.26. The van der Waals surface area contributed by atoms with E-state index >= 15 is 0 Å². The monoisotopic (exact) mass is 259 g/mol. The number of hydrogen-bond acceptors (Lipinski definition) is 4. The van der Waals surface area contributed by atoms with Gasteiger partial charge in [-0.25, -0.2) is 0 Å². The van der Waals surface area contributed by atoms with Gasteiger partial charge in [-0.3, -0.25) is 16.3 Å². The van der Waals surface area contributed by atoms with Gasteiger partial charge in [0.2, 0.25) is 0 Å². The van der Waals surface area contributed by atoms with E-state index in [1.165, 1.54) is 34.9 Å². The minimum atomic E-state index is 0.226. The first-order chi connectivity index (χ1) is 8.90. The van der Waals surface area contributed by atoms with Crippen molar-refractivity contribution in [2.45, 2.75) is 24.1 Å². The van der Waals surface area contributed by atoms with Gasteiger partial charge in [-0.15, -0.1) is 0 Å². The van der Waals surface area contributed by atoms with Crippen LogP contribution in [-0.4, -0.2) is 16.0 Å². The third-order valence-electron chi connectivity index (χ3n) is 3.57. The lowest BCUT2D eigenvalue weighted by Gasteiger charge is -2.23. The van der Waals surface area contributed by atoms with Crippen LogP contribution in [0.1, 0.15) is 24.4 Å². The number of nitrogens with zero attached hydrogens (tertiary/aromatic N) is 1. The van der Waals surface area contributed by atoms with E-state index in [1.807, 2.05) is 24.2 Å². The number of pyridine rings is 1. The van der Waals surface area contributed by atoms with Gasteiger partial charge in [-0.2, -0.15) is 11.8 Å². The fraction of sp³-hybridized carbons (Fsp3) is 0.357. The molecule has 1 aliphatic heterocycles. The summed E-state index contributed by atoms with van der Waals surface area (Å²) in [6.07, 6.45) is 6.29. The molecule has 1 aliphatic rings. The van der Waals surface area contributed by atoms with Crippen LogP contribution in [-0.2, 0) is 0 Å². The number of rotatable bonds is 3. The van der Waals surface area contributed by atoms with Gasteiger partial charge in [0.05, 0.1) is 6.04 Å². The summed E-state index contributed by atoms with van der Waals surface area (Å²) < 4.78 is 0. The Balaban J connectivity index is 2.06. The molecule has 0 aliphatic carbocycles. The van der Waals surface area contributed by atoms with Gasteiger partial charge in [0.1, 0.15) is 0 Å². The lowest BCUT2D eigenvalue weighted by Crippen LogP contribution is -2.34. The van der Waals surface area contributed by atoms with Crippen molar-refractivity contribution in [2.75, 3.05) is 5.75 Å². The van der Waals surface area contributed by atoms with Gasteiger partial charge in [-0.05, 0) is 35.6 Å². The number of thioether (sulfide) groups is 1. The van der Waals surface area contributed by atoms with Crippen molar-refractivity contribution < 1.29 is 0 Å². The van der Waals surface area contributed by atoms with Crippen LogP contribution in [0.5, 0.6) is 0 Å². The second-order valence-corrected chi connectivity index (χ2v) is 5.99. The van der Waals surface area contributed by atoms with Crippen LogP contribution in [0.2, 0.25) is 0 Å². The SMILES string of the molecule is NNC(c1cccc2cnccc12)C1CCCS1. The molecule has 1 aromatic heterocycles. The Labute approximate surface area is 111 Å². The van der Waals surface area contributed by atoms with E-state index < -0.39 is 0 Å². The Morgan fingerprint density at radius 3 is 3.11 bits per heavy atom. The van der Waals surface area contributed by atoms with E-state index in [0.717, 1.165) is 0 Å². The predicted octanol–water partition coefficient (Wildman–Crippen LogP) is 2.63. The Morgan fingerprint density at radius 1 is 1.39 bits per heavy atom. The highest BCUT2D eigenvalue weighted by atomic mass is 32.2. The maximum absolute atomic E-state index is 5.80. The van der Waals surface area contributed by atoms with Crippen LogP contribution in [0.3, 0.4) is 0 Å². The van der Waals surface area contributed by atoms with Gasteiger partial charge in [0, 0.05) is 23.0 Å². The van der Waals surface area contributed by atoms with E-state index in [4.69, 9.17) is 5.84 Å². The van der Waals surface area contributed by atoms with Crippen molar-refractivity contribution in [1.82, 2.24) is 10.4 Å². The number of aromatic nitrogens is 1. The van der Waals surface area contributed by atoms with Crippen LogP contribution in [0, 0.1) is 0 Å². The normalized spacial score (nSPS) is 21.3. The molecule has 2 atom stereocenters. The molecule has 1 fully saturated rings. The molecule has 2 unspecified atom stereocenters. The van der Waals surface area contributed by atoms with Crippen molar-refractivity contribution in [3.05, 3.63) is 42.2 Å². The van der Waals surface area contributed by atoms with Crippen molar-refractivity contribution in [3.8, 4) is 0 Å². The molecule has 0 bridgehead atoms. The summed E-state index contributed by atoms with van der Waals surface area (Å²) in [5.74, 6) is 7.04. The number of hydrogen-bond donors (Lipinski definition) is 2. The summed E-state index contributed by atoms with van der Waals surface area (Å²) in [6, 6.07) is 8.66. The van der Waals surface area contributed by atoms with Crippen LogP contribution >= 0.6 is 11.8 Å². The fourth-order valence-corrected chi connectivity index (χ4v) is 4.07. The van der Waals surface area contributed by atoms with E-state index in [1.54, 1.807) is 0 Å². The zero-order valence-corrected chi connectivity index (χ0v) is 11.0. The molecule has 1 saturated heterocycles. The summed E-state index contributed by atoms with van der Waals surface area (Å²) in [7, 11) is 0. The summed E-state index contributed by atoms with van der Waals surface area (Å²) in [5, 5.41) is 3.01. The molecule has 3 nitrogen and oxygen atoms in total. The Bertz CT molecular complexity index is 532. The average molecular weight is 259 g/mol. The summed E-state index contributed by atoms with van der Waals surface area (Å²) in [5.41, 5.74) is 4.30. The zero-order valence-electron chi connectivity index (χ0n) is 10.2. The fourth-order valence-electron chi connectivity index (χ4n) is 2.68. The van der Waals surface area contributed by atoms with Gasteiger partial charge in [0.15, 0.2) is 0 Å². The van der Waals surface area contributed by atoms with E-state index in [9.17, 15) is 0 Å². The Morgan fingerprint density at radius 2 is 2.33 bits per heavy atom. The third-order valence-corrected chi connectivity index (χ3v) is 5.03. The number of nitrogens with two attached hydrogens (primary N) is 1. The maximum atomic E-state index is 5.80. The molecule has 4 heteroatoms. The number of benzene rings is 1. The molecule has 3 N–H and O–H groups in total. The first kappa shape index (κ1) is 12.0. The van der Waals surface area contributed by atoms with E-state index in [0.29, 0.717) is 5.25 Å². The Kier molecular flexibility index (Phi) is 3.50. The van der Waals surface area contributed by atoms with Gasteiger partial charge < -0.3 is 0 Å². The number of nitrogens with one attached hydrogen (secondary N) is 1. The largest absolute Gasteiger partial charge is 0.271 e. The quantitative estimate of drug-likeness (QED) is 0.657. The minimum Gasteiger partial charge on any atom is -0.271 e. The minimum absolute atomic E-state index is 0.226. The van der Waals surface area contributed by atoms with Crippen molar-refractivity contribution in [2.24, 2.45) is 5.84 Å². The van der Waals surface area contributed by atoms with E-state index in [-0.39, 0.29) is 6.04 Å². The molecule has 1 aromatic carbocycles. The molecule has 2 heterocycles. The molecule has 18 heavy (non-hydrogen) atoms. The molecular formula is C14H17N3S. The van der Waals surface area contributed by atoms with Crippen LogP contribution in [0.25, 0.3) is 10.8 Å². The number of hydrazine groups is 1. The van der Waals surface area contributed by atoms with E-state index in [2.05, 4.69) is 34.7 Å². The zero-order chi connectivity index (χ0) is 12.4. The van der Waals surface area contributed by atoms with Gasteiger partial charge >= 0.3 is 0 Å². The summed E-state index contributed by atoms with van der Waals surface area (Å²) in [4.78, 5) is 4.18. The Hall–Kier alpha value is -1.10. The maximum Gasteiger partial charge on any atom is 0.0584 e. The topological polar surface area (TPSA) is 50.9 Å². The van der Waals surface area contributed by atoms with Crippen LogP contribution in [0.15, 0.2) is 36.7 Å². The molecule has 0 radical (unpaired) electrons. The van der Waals surface area contributed by atoms with Crippen LogP contribution in [0.4, 0.5) is 0 Å². The summed E-state index contributed by atoms with van der Waals surface area (Å²) >= 11 is 2.02. The highest BCUT2D eigenvalue weighted by Gasteiger charge is 2.27. The molecule has 94 valence electrons. The molecule has 0 amide bonds. The first-order valence-electron chi connectivity index (χ1n) is 6.30. The molecule has 0 spiro atoms. The second-order valence-electron chi connectivity index (χ2n) is 4.64. The smallest absolute Gasteiger partial charge is 0.0584 e. The molecule has 2 aromatic rings. The van der Waals surface area contributed by atoms with Gasteiger partial charge in [0.25, 0.3) is 0 Å². The third kappa shape index (κ3) is 2.11. The highest BCUT2D eigenvalue weighted by Crippen LogP contribution is 2.37. The standard InChI is InChI=1S/C14H17N3S/c15-17-14(13-5-2-8-18-13)12-4-1-3-10-9-16-7-6-11(10)12/h1,3-4,6-7,9,13-14,17H,2,5,8,15H2. The molecule has 3 rings (SSSR count).